The van der Waals surface area contributed by atoms with E-state index in [0.717, 1.165) is 0 Å². The van der Waals surface area contributed by atoms with Crippen LogP contribution in [-0.4, -0.2) is 35.5 Å². The molecule has 0 heterocycles. The van der Waals surface area contributed by atoms with Gasteiger partial charge in [-0.2, -0.15) is 0 Å². The molecule has 0 aromatic rings. The minimum absolute atomic E-state index is 0.0463. The third-order valence-electron chi connectivity index (χ3n) is 1.27. The van der Waals surface area contributed by atoms with Crippen molar-refractivity contribution >= 4 is 0 Å². The van der Waals surface area contributed by atoms with E-state index in [-0.39, 0.29) is 19.3 Å². The Morgan fingerprint density at radius 2 is 1.90 bits per heavy atom. The van der Waals surface area contributed by atoms with Gasteiger partial charge >= 0.3 is 0 Å². The number of nitrogens with one attached hydrogen (secondary N) is 1. The van der Waals surface area contributed by atoms with Crippen molar-refractivity contribution in [1.82, 2.24) is 5.32 Å². The molecule has 0 aliphatic carbocycles. The van der Waals surface area contributed by atoms with Gasteiger partial charge in [0.15, 0.2) is 0 Å². The van der Waals surface area contributed by atoms with E-state index in [1.54, 1.807) is 0 Å². The normalized spacial score (nSPS) is 14.1. The summed E-state index contributed by atoms with van der Waals surface area (Å²) in [6.45, 7) is 4.25. The van der Waals surface area contributed by atoms with E-state index in [4.69, 9.17) is 10.2 Å². The minimum atomic E-state index is 0.0463. The molecule has 10 heavy (non-hydrogen) atoms. The molecule has 0 fully saturated rings. The van der Waals surface area contributed by atoms with Crippen LogP contribution >= 0.6 is 0 Å². The molecule has 0 aliphatic heterocycles. The van der Waals surface area contributed by atoms with Crippen LogP contribution in [0.15, 0.2) is 0 Å². The quantitative estimate of drug-likeness (QED) is 0.501. The van der Waals surface area contributed by atoms with Crippen LogP contribution in [0.1, 0.15) is 20.3 Å². The molecule has 0 radical (unpaired) electrons. The second kappa shape index (κ2) is 5.65. The van der Waals surface area contributed by atoms with E-state index in [1.165, 1.54) is 0 Å². The lowest BCUT2D eigenvalue weighted by molar-refractivity contribution is 0.195. The lowest BCUT2D eigenvalue weighted by atomic mass is 10.2. The fraction of sp³-hybridized carbons (Fsp3) is 1.00. The first kappa shape index (κ1) is 9.88. The van der Waals surface area contributed by atoms with Crippen molar-refractivity contribution in [3.63, 3.8) is 0 Å². The summed E-state index contributed by atoms with van der Waals surface area (Å²) in [6.07, 6.45) is 0.620. The zero-order valence-electron chi connectivity index (χ0n) is 6.67. The molecular formula is C7H17NO2. The molecule has 0 spiro atoms. The van der Waals surface area contributed by atoms with Crippen LogP contribution in [0.3, 0.4) is 0 Å². The largest absolute Gasteiger partial charge is 0.396 e. The maximum Gasteiger partial charge on any atom is 0.0585 e. The summed E-state index contributed by atoms with van der Waals surface area (Å²) in [6, 6.07) is 0.411. The molecule has 0 rings (SSSR count). The summed E-state index contributed by atoms with van der Waals surface area (Å²) in [5.41, 5.74) is 0. The van der Waals surface area contributed by atoms with Crippen molar-refractivity contribution in [2.45, 2.75) is 32.4 Å². The second-order valence-electron chi connectivity index (χ2n) is 2.71. The molecule has 0 saturated heterocycles. The summed E-state index contributed by atoms with van der Waals surface area (Å²) < 4.78 is 0. The maximum atomic E-state index is 8.73. The highest BCUT2D eigenvalue weighted by molar-refractivity contribution is 4.66. The molecule has 62 valence electrons. The van der Waals surface area contributed by atoms with E-state index in [1.807, 2.05) is 13.8 Å². The van der Waals surface area contributed by atoms with Gasteiger partial charge in [-0.15, -0.1) is 0 Å². The minimum Gasteiger partial charge on any atom is -0.396 e. The van der Waals surface area contributed by atoms with Crippen molar-refractivity contribution in [3.05, 3.63) is 0 Å². The third-order valence-corrected chi connectivity index (χ3v) is 1.27. The summed E-state index contributed by atoms with van der Waals surface area (Å²) >= 11 is 0. The summed E-state index contributed by atoms with van der Waals surface area (Å²) in [5, 5.41) is 20.4. The molecule has 0 bridgehead atoms. The van der Waals surface area contributed by atoms with Crippen LogP contribution in [0, 0.1) is 0 Å². The van der Waals surface area contributed by atoms with E-state index in [2.05, 4.69) is 5.32 Å². The number of rotatable bonds is 5. The first-order valence-corrected chi connectivity index (χ1v) is 3.68. The van der Waals surface area contributed by atoms with Gasteiger partial charge in [-0.1, -0.05) is 13.8 Å². The first-order valence-electron chi connectivity index (χ1n) is 3.68. The highest BCUT2D eigenvalue weighted by Crippen LogP contribution is 1.91. The Labute approximate surface area is 62.1 Å². The molecule has 1 atom stereocenters. The summed E-state index contributed by atoms with van der Waals surface area (Å²) in [7, 11) is 0. The Morgan fingerprint density at radius 3 is 2.20 bits per heavy atom. The monoisotopic (exact) mass is 147 g/mol. The van der Waals surface area contributed by atoms with E-state index >= 15 is 0 Å². The van der Waals surface area contributed by atoms with Crippen LogP contribution in [0.5, 0.6) is 0 Å². The smallest absolute Gasteiger partial charge is 0.0585 e. The van der Waals surface area contributed by atoms with Crippen LogP contribution in [0.25, 0.3) is 0 Å². The van der Waals surface area contributed by atoms with Gasteiger partial charge in [-0.05, 0) is 6.42 Å². The van der Waals surface area contributed by atoms with Gasteiger partial charge in [-0.3, -0.25) is 0 Å². The Morgan fingerprint density at radius 1 is 1.30 bits per heavy atom. The molecule has 0 aromatic carbocycles. The van der Waals surface area contributed by atoms with Crippen molar-refractivity contribution < 1.29 is 10.2 Å². The van der Waals surface area contributed by atoms with Gasteiger partial charge in [-0.25, -0.2) is 0 Å². The van der Waals surface area contributed by atoms with Gasteiger partial charge in [0.05, 0.1) is 6.61 Å². The molecule has 0 aromatic heterocycles. The van der Waals surface area contributed by atoms with E-state index in [0.29, 0.717) is 12.5 Å². The van der Waals surface area contributed by atoms with Crippen LogP contribution in [0.4, 0.5) is 0 Å². The van der Waals surface area contributed by atoms with Crippen molar-refractivity contribution in [3.8, 4) is 0 Å². The maximum absolute atomic E-state index is 8.73. The number of hydrogen-bond acceptors (Lipinski definition) is 3. The second-order valence-corrected chi connectivity index (χ2v) is 2.71. The van der Waals surface area contributed by atoms with Crippen molar-refractivity contribution in [2.24, 2.45) is 0 Å². The first-order chi connectivity index (χ1) is 4.70. The number of aliphatic hydroxyl groups excluding tert-OH is 2. The Kier molecular flexibility index (Phi) is 5.58. The molecule has 0 aliphatic rings. The highest BCUT2D eigenvalue weighted by atomic mass is 16.3. The molecule has 3 N–H and O–H groups in total. The Bertz CT molecular complexity index is 76.0. The van der Waals surface area contributed by atoms with Gasteiger partial charge in [0.25, 0.3) is 0 Å². The highest BCUT2D eigenvalue weighted by Gasteiger charge is 2.06. The average molecular weight is 147 g/mol. The van der Waals surface area contributed by atoms with Crippen molar-refractivity contribution in [2.75, 3.05) is 13.2 Å². The lowest BCUT2D eigenvalue weighted by Crippen LogP contribution is -2.38. The SMILES string of the molecule is CC(C)NC(CO)CCO. The lowest BCUT2D eigenvalue weighted by Gasteiger charge is -2.17. The summed E-state index contributed by atoms with van der Waals surface area (Å²) in [5.74, 6) is 0. The molecule has 3 heteroatoms. The number of hydrogen-bond donors (Lipinski definition) is 3. The molecule has 0 amide bonds. The van der Waals surface area contributed by atoms with Crippen LogP contribution in [0.2, 0.25) is 0 Å². The summed E-state index contributed by atoms with van der Waals surface area (Å²) in [4.78, 5) is 0. The zero-order valence-corrected chi connectivity index (χ0v) is 6.67. The predicted molar refractivity (Wildman–Crippen MR) is 40.8 cm³/mol. The standard InChI is InChI=1S/C7H17NO2/c1-6(2)8-7(5-10)3-4-9/h6-10H,3-5H2,1-2H3. The van der Waals surface area contributed by atoms with E-state index < -0.39 is 0 Å². The predicted octanol–water partition coefficient (Wildman–Crippen LogP) is -0.272. The van der Waals surface area contributed by atoms with Crippen LogP contribution < -0.4 is 5.32 Å². The number of aliphatic hydroxyl groups is 2. The molecule has 3 nitrogen and oxygen atoms in total. The fourth-order valence-electron chi connectivity index (χ4n) is 0.855. The van der Waals surface area contributed by atoms with E-state index in [9.17, 15) is 0 Å². The van der Waals surface area contributed by atoms with Gasteiger partial charge < -0.3 is 15.5 Å². The zero-order chi connectivity index (χ0) is 7.98. The third kappa shape index (κ3) is 4.73. The average Bonchev–Trinajstić information content (AvgIpc) is 1.86. The molecule has 1 unspecified atom stereocenters. The molecular weight excluding hydrogens is 130 g/mol. The van der Waals surface area contributed by atoms with Crippen LogP contribution in [-0.2, 0) is 0 Å². The fourth-order valence-corrected chi connectivity index (χ4v) is 0.855. The van der Waals surface area contributed by atoms with Gasteiger partial charge in [0, 0.05) is 18.7 Å². The van der Waals surface area contributed by atoms with Gasteiger partial charge in [0.2, 0.25) is 0 Å². The Balaban J connectivity index is 3.39. The van der Waals surface area contributed by atoms with Gasteiger partial charge in [0.1, 0.15) is 0 Å². The molecule has 0 saturated carbocycles. The Hall–Kier alpha value is -0.120. The van der Waals surface area contributed by atoms with Crippen molar-refractivity contribution in [1.29, 1.82) is 0 Å². The topological polar surface area (TPSA) is 52.5 Å².